The maximum Gasteiger partial charge on any atom is 0.179 e. The van der Waals surface area contributed by atoms with Gasteiger partial charge in [0.2, 0.25) is 0 Å². The molecule has 0 spiro atoms. The van der Waals surface area contributed by atoms with Gasteiger partial charge in [-0.05, 0) is 18.6 Å². The van der Waals surface area contributed by atoms with Crippen LogP contribution in [0.5, 0.6) is 0 Å². The highest BCUT2D eigenvalue weighted by molar-refractivity contribution is 9.10. The van der Waals surface area contributed by atoms with Crippen LogP contribution < -0.4 is 0 Å². The van der Waals surface area contributed by atoms with Crippen molar-refractivity contribution in [3.8, 4) is 0 Å². The fourth-order valence-corrected chi connectivity index (χ4v) is 1.77. The Balaban J connectivity index is 3.16. The quantitative estimate of drug-likeness (QED) is 0.612. The molecule has 76 valence electrons. The molecule has 4 heteroatoms. The molecule has 0 aliphatic carbocycles. The van der Waals surface area contributed by atoms with Gasteiger partial charge in [0.1, 0.15) is 5.82 Å². The summed E-state index contributed by atoms with van der Waals surface area (Å²) in [5.41, 5.74) is 0.648. The first kappa shape index (κ1) is 11.9. The van der Waals surface area contributed by atoms with Crippen molar-refractivity contribution in [2.45, 2.75) is 17.1 Å². The van der Waals surface area contributed by atoms with Crippen LogP contribution >= 0.6 is 31.9 Å². The van der Waals surface area contributed by atoms with Gasteiger partial charge in [-0.25, -0.2) is 4.39 Å². The molecular formula is C10H9Br2FO. The topological polar surface area (TPSA) is 17.1 Å². The van der Waals surface area contributed by atoms with Gasteiger partial charge < -0.3 is 0 Å². The van der Waals surface area contributed by atoms with Gasteiger partial charge in [0.05, 0.1) is 10.4 Å². The van der Waals surface area contributed by atoms with Gasteiger partial charge >= 0.3 is 0 Å². The molecule has 0 aliphatic rings. The van der Waals surface area contributed by atoms with Crippen LogP contribution in [-0.4, -0.2) is 10.6 Å². The van der Waals surface area contributed by atoms with Gasteiger partial charge in [0.25, 0.3) is 0 Å². The molecule has 1 atom stereocenters. The highest BCUT2D eigenvalue weighted by Crippen LogP contribution is 2.18. The molecular weight excluding hydrogens is 315 g/mol. The second-order valence-electron chi connectivity index (χ2n) is 2.89. The van der Waals surface area contributed by atoms with Crippen molar-refractivity contribution in [1.82, 2.24) is 0 Å². The third kappa shape index (κ3) is 2.42. The van der Waals surface area contributed by atoms with E-state index in [-0.39, 0.29) is 16.2 Å². The SMILES string of the molecule is CC(Br)C(=O)c1cccc(CBr)c1F. The number of carbonyl (C=O) groups is 1. The number of benzene rings is 1. The summed E-state index contributed by atoms with van der Waals surface area (Å²) in [7, 11) is 0. The normalized spacial score (nSPS) is 12.6. The molecule has 0 bridgehead atoms. The molecule has 0 radical (unpaired) electrons. The smallest absolute Gasteiger partial charge is 0.179 e. The number of alkyl halides is 2. The molecule has 1 rings (SSSR count). The van der Waals surface area contributed by atoms with Crippen molar-refractivity contribution < 1.29 is 9.18 Å². The highest BCUT2D eigenvalue weighted by atomic mass is 79.9. The van der Waals surface area contributed by atoms with Gasteiger partial charge in [-0.15, -0.1) is 0 Å². The molecule has 14 heavy (non-hydrogen) atoms. The Labute approximate surface area is 99.0 Å². The minimum atomic E-state index is -0.430. The van der Waals surface area contributed by atoms with Crippen LogP contribution in [-0.2, 0) is 5.33 Å². The Morgan fingerprint density at radius 3 is 2.71 bits per heavy atom. The fraction of sp³-hybridized carbons (Fsp3) is 0.300. The van der Waals surface area contributed by atoms with Crippen molar-refractivity contribution in [3.05, 3.63) is 35.1 Å². The summed E-state index contributed by atoms with van der Waals surface area (Å²) in [6.07, 6.45) is 0. The minimum absolute atomic E-state index is 0.145. The van der Waals surface area contributed by atoms with Crippen molar-refractivity contribution >= 4 is 37.6 Å². The van der Waals surface area contributed by atoms with Crippen molar-refractivity contribution in [2.24, 2.45) is 0 Å². The lowest BCUT2D eigenvalue weighted by atomic mass is 10.1. The van der Waals surface area contributed by atoms with Crippen LogP contribution in [0.2, 0.25) is 0 Å². The molecule has 0 aliphatic heterocycles. The predicted molar refractivity (Wildman–Crippen MR) is 61.8 cm³/mol. The maximum absolute atomic E-state index is 13.6. The summed E-state index contributed by atoms with van der Waals surface area (Å²) in [5, 5.41) is 0.413. The van der Waals surface area contributed by atoms with Crippen LogP contribution in [0.4, 0.5) is 4.39 Å². The minimum Gasteiger partial charge on any atom is -0.293 e. The Hall–Kier alpha value is -0.220. The first-order valence-corrected chi connectivity index (χ1v) is 6.13. The van der Waals surface area contributed by atoms with Gasteiger partial charge in [-0.3, -0.25) is 4.79 Å². The molecule has 1 nitrogen and oxygen atoms in total. The lowest BCUT2D eigenvalue weighted by Gasteiger charge is -2.06. The lowest BCUT2D eigenvalue weighted by Crippen LogP contribution is -2.12. The van der Waals surface area contributed by atoms with E-state index in [1.165, 1.54) is 6.07 Å². The standard InChI is InChI=1S/C10H9Br2FO/c1-6(12)10(14)8-4-2-3-7(5-11)9(8)13/h2-4,6H,5H2,1H3. The number of hydrogen-bond donors (Lipinski definition) is 0. The van der Waals surface area contributed by atoms with Crippen LogP contribution in [0.25, 0.3) is 0 Å². The zero-order chi connectivity index (χ0) is 10.7. The van der Waals surface area contributed by atoms with Crippen molar-refractivity contribution in [3.63, 3.8) is 0 Å². The largest absolute Gasteiger partial charge is 0.293 e. The molecule has 1 unspecified atom stereocenters. The van der Waals surface area contributed by atoms with Crippen LogP contribution in [0, 0.1) is 5.82 Å². The summed E-state index contributed by atoms with van der Waals surface area (Å²) in [4.78, 5) is 11.2. The van der Waals surface area contributed by atoms with Gasteiger partial charge in [0, 0.05) is 5.33 Å². The molecule has 0 amide bonds. The summed E-state index contributed by atoms with van der Waals surface area (Å²) in [6, 6.07) is 4.84. The second kappa shape index (κ2) is 5.03. The number of rotatable bonds is 3. The molecule has 1 aromatic carbocycles. The fourth-order valence-electron chi connectivity index (χ4n) is 1.09. The Morgan fingerprint density at radius 2 is 2.21 bits per heavy atom. The highest BCUT2D eigenvalue weighted by Gasteiger charge is 2.17. The van der Waals surface area contributed by atoms with Crippen LogP contribution in [0.15, 0.2) is 18.2 Å². The average Bonchev–Trinajstić information content (AvgIpc) is 2.17. The molecule has 0 aromatic heterocycles. The summed E-state index contributed by atoms with van der Waals surface area (Å²) in [6.45, 7) is 1.68. The van der Waals surface area contributed by atoms with E-state index >= 15 is 0 Å². The molecule has 0 fully saturated rings. The van der Waals surface area contributed by atoms with Gasteiger partial charge in [-0.1, -0.05) is 44.0 Å². The van der Waals surface area contributed by atoms with E-state index in [1.807, 2.05) is 0 Å². The first-order chi connectivity index (χ1) is 6.57. The molecule has 1 aromatic rings. The van der Waals surface area contributed by atoms with E-state index in [2.05, 4.69) is 31.9 Å². The summed E-state index contributed by atoms with van der Waals surface area (Å²) < 4.78 is 13.6. The third-order valence-electron chi connectivity index (χ3n) is 1.85. The number of Topliss-reactive ketones (excluding diaryl/α,β-unsaturated/α-hetero) is 1. The van der Waals surface area contributed by atoms with E-state index in [1.54, 1.807) is 19.1 Å². The van der Waals surface area contributed by atoms with E-state index in [9.17, 15) is 9.18 Å². The molecule has 0 heterocycles. The zero-order valence-corrected chi connectivity index (χ0v) is 10.7. The third-order valence-corrected chi connectivity index (χ3v) is 2.87. The van der Waals surface area contributed by atoms with E-state index < -0.39 is 5.82 Å². The lowest BCUT2D eigenvalue weighted by molar-refractivity contribution is 0.0992. The molecule has 0 saturated carbocycles. The van der Waals surface area contributed by atoms with E-state index in [4.69, 9.17) is 0 Å². The number of carbonyl (C=O) groups excluding carboxylic acids is 1. The van der Waals surface area contributed by atoms with Gasteiger partial charge in [-0.2, -0.15) is 0 Å². The monoisotopic (exact) mass is 322 g/mol. The maximum atomic E-state index is 13.6. The Bertz CT molecular complexity index is 350. The Kier molecular flexibility index (Phi) is 4.26. The van der Waals surface area contributed by atoms with Crippen molar-refractivity contribution in [2.75, 3.05) is 0 Å². The average molecular weight is 324 g/mol. The summed E-state index contributed by atoms with van der Waals surface area (Å²) in [5.74, 6) is -0.661. The number of halogens is 3. The summed E-state index contributed by atoms with van der Waals surface area (Å²) >= 11 is 6.29. The Morgan fingerprint density at radius 1 is 1.57 bits per heavy atom. The van der Waals surface area contributed by atoms with E-state index in [0.29, 0.717) is 10.9 Å². The van der Waals surface area contributed by atoms with Gasteiger partial charge in [0.15, 0.2) is 5.78 Å². The zero-order valence-electron chi connectivity index (χ0n) is 7.56. The number of hydrogen-bond acceptors (Lipinski definition) is 1. The molecule has 0 N–H and O–H groups in total. The second-order valence-corrected chi connectivity index (χ2v) is 4.83. The first-order valence-electron chi connectivity index (χ1n) is 4.09. The molecule has 0 saturated heterocycles. The van der Waals surface area contributed by atoms with Crippen molar-refractivity contribution in [1.29, 1.82) is 0 Å². The van der Waals surface area contributed by atoms with Crippen LogP contribution in [0.1, 0.15) is 22.8 Å². The number of ketones is 1. The van der Waals surface area contributed by atoms with E-state index in [0.717, 1.165) is 0 Å². The predicted octanol–water partition coefficient (Wildman–Crippen LogP) is 3.69. The van der Waals surface area contributed by atoms with Crippen LogP contribution in [0.3, 0.4) is 0 Å².